The Kier molecular flexibility index (Phi) is 4.01. The molecule has 0 amide bonds. The first-order chi connectivity index (χ1) is 10.8. The van der Waals surface area contributed by atoms with E-state index in [2.05, 4.69) is 0 Å². The number of hydrogen-bond acceptors (Lipinski definition) is 2. The maximum Gasteiger partial charge on any atom is 0.150 e. The first-order valence-corrected chi connectivity index (χ1v) is 7.11. The molecule has 0 fully saturated rings. The summed E-state index contributed by atoms with van der Waals surface area (Å²) in [5.74, 6) is 0.831. The standard InChI is InChI=1S/C20H16O2/c1-22-19-9-5-6-15(12-19)10-11-17-13-18(14-21)20(17)16-7-3-2-4-8-16/h2-14H,1H3/b11-10+. The molecule has 0 bridgehead atoms. The summed E-state index contributed by atoms with van der Waals surface area (Å²) in [6.45, 7) is 0. The van der Waals surface area contributed by atoms with Crippen LogP contribution in [0.15, 0.2) is 77.9 Å². The Morgan fingerprint density at radius 1 is 0.955 bits per heavy atom. The smallest absolute Gasteiger partial charge is 0.150 e. The third-order valence-electron chi connectivity index (χ3n) is 3.63. The minimum absolute atomic E-state index is 0.747. The molecule has 2 aromatic carbocycles. The number of carbonyl (C=O) groups is 1. The number of ether oxygens (including phenoxy) is 1. The van der Waals surface area contributed by atoms with E-state index in [4.69, 9.17) is 4.74 Å². The summed E-state index contributed by atoms with van der Waals surface area (Å²) in [5, 5.41) is 0. The Bertz CT molecular complexity index is 780. The van der Waals surface area contributed by atoms with Crippen LogP contribution in [0.25, 0.3) is 11.6 Å². The maximum absolute atomic E-state index is 11.1. The van der Waals surface area contributed by atoms with Gasteiger partial charge in [0.15, 0.2) is 6.29 Å². The second kappa shape index (κ2) is 6.27. The number of allylic oxidation sites excluding steroid dienone is 5. The Morgan fingerprint density at radius 3 is 2.50 bits per heavy atom. The van der Waals surface area contributed by atoms with E-state index >= 15 is 0 Å². The van der Waals surface area contributed by atoms with Crippen LogP contribution >= 0.6 is 0 Å². The fourth-order valence-electron chi connectivity index (χ4n) is 2.49. The maximum atomic E-state index is 11.1. The molecular formula is C20H16O2. The molecule has 0 saturated heterocycles. The van der Waals surface area contributed by atoms with Gasteiger partial charge in [-0.1, -0.05) is 54.6 Å². The SMILES string of the molecule is COc1cccc(/C=C/C2=C(c3ccccc3)C(C=O)=C2)c1. The molecule has 2 nitrogen and oxygen atoms in total. The molecule has 22 heavy (non-hydrogen) atoms. The molecule has 1 aliphatic rings. The van der Waals surface area contributed by atoms with Gasteiger partial charge in [0.05, 0.1) is 7.11 Å². The topological polar surface area (TPSA) is 26.3 Å². The number of hydrogen-bond donors (Lipinski definition) is 0. The van der Waals surface area contributed by atoms with Crippen LogP contribution in [-0.4, -0.2) is 13.4 Å². The van der Waals surface area contributed by atoms with Crippen molar-refractivity contribution in [3.05, 3.63) is 89.0 Å². The molecule has 2 aromatic rings. The fraction of sp³-hybridized carbons (Fsp3) is 0.0500. The summed E-state index contributed by atoms with van der Waals surface area (Å²) in [6, 6.07) is 17.8. The third-order valence-corrected chi connectivity index (χ3v) is 3.63. The number of benzene rings is 2. The van der Waals surface area contributed by atoms with Gasteiger partial charge in [-0.05, 0) is 40.5 Å². The lowest BCUT2D eigenvalue weighted by molar-refractivity contribution is -0.104. The van der Waals surface area contributed by atoms with Crippen molar-refractivity contribution in [2.45, 2.75) is 0 Å². The van der Waals surface area contributed by atoms with Crippen LogP contribution in [0.5, 0.6) is 5.75 Å². The summed E-state index contributed by atoms with van der Waals surface area (Å²) in [7, 11) is 1.66. The molecule has 0 atom stereocenters. The zero-order valence-electron chi connectivity index (χ0n) is 12.3. The summed E-state index contributed by atoms with van der Waals surface area (Å²) in [6.07, 6.45) is 6.88. The van der Waals surface area contributed by atoms with Gasteiger partial charge in [0.2, 0.25) is 0 Å². The second-order valence-corrected chi connectivity index (χ2v) is 5.02. The van der Waals surface area contributed by atoms with E-state index in [1.54, 1.807) is 7.11 Å². The summed E-state index contributed by atoms with van der Waals surface area (Å²) < 4.78 is 5.22. The lowest BCUT2D eigenvalue weighted by Crippen LogP contribution is -2.03. The zero-order chi connectivity index (χ0) is 15.4. The van der Waals surface area contributed by atoms with Crippen molar-refractivity contribution in [2.24, 2.45) is 0 Å². The average Bonchev–Trinajstić information content (AvgIpc) is 2.55. The van der Waals surface area contributed by atoms with E-state index in [1.165, 1.54) is 0 Å². The molecule has 0 radical (unpaired) electrons. The summed E-state index contributed by atoms with van der Waals surface area (Å²) in [4.78, 5) is 11.1. The van der Waals surface area contributed by atoms with Crippen molar-refractivity contribution in [3.8, 4) is 5.75 Å². The van der Waals surface area contributed by atoms with Crippen molar-refractivity contribution in [3.63, 3.8) is 0 Å². The molecule has 0 unspecified atom stereocenters. The van der Waals surface area contributed by atoms with E-state index in [9.17, 15) is 4.79 Å². The normalized spacial score (nSPS) is 13.8. The molecular weight excluding hydrogens is 272 g/mol. The fourth-order valence-corrected chi connectivity index (χ4v) is 2.49. The highest BCUT2D eigenvalue weighted by molar-refractivity contribution is 6.07. The van der Waals surface area contributed by atoms with Gasteiger partial charge in [0.25, 0.3) is 0 Å². The minimum atomic E-state index is 0.747. The molecule has 3 rings (SSSR count). The van der Waals surface area contributed by atoms with E-state index in [0.717, 1.165) is 39.9 Å². The zero-order valence-corrected chi connectivity index (χ0v) is 12.3. The highest BCUT2D eigenvalue weighted by Gasteiger charge is 2.18. The minimum Gasteiger partial charge on any atom is -0.497 e. The van der Waals surface area contributed by atoms with E-state index in [-0.39, 0.29) is 0 Å². The van der Waals surface area contributed by atoms with Crippen LogP contribution in [-0.2, 0) is 4.79 Å². The Labute approximate surface area is 130 Å². The molecule has 0 N–H and O–H groups in total. The van der Waals surface area contributed by atoms with Gasteiger partial charge in [-0.2, -0.15) is 0 Å². The van der Waals surface area contributed by atoms with Gasteiger partial charge in [0, 0.05) is 5.57 Å². The highest BCUT2D eigenvalue weighted by Crippen LogP contribution is 2.35. The van der Waals surface area contributed by atoms with Crippen molar-refractivity contribution < 1.29 is 9.53 Å². The number of methoxy groups -OCH3 is 1. The van der Waals surface area contributed by atoms with Crippen LogP contribution in [0, 0.1) is 0 Å². The number of carbonyl (C=O) groups excluding carboxylic acids is 1. The Hall–Kier alpha value is -2.87. The molecule has 0 heterocycles. The van der Waals surface area contributed by atoms with E-state index < -0.39 is 0 Å². The van der Waals surface area contributed by atoms with Crippen LogP contribution < -0.4 is 4.74 Å². The van der Waals surface area contributed by atoms with Gasteiger partial charge < -0.3 is 4.74 Å². The summed E-state index contributed by atoms with van der Waals surface area (Å²) in [5.41, 5.74) is 4.95. The van der Waals surface area contributed by atoms with Crippen molar-refractivity contribution in [1.82, 2.24) is 0 Å². The highest BCUT2D eigenvalue weighted by atomic mass is 16.5. The first-order valence-electron chi connectivity index (χ1n) is 7.11. The van der Waals surface area contributed by atoms with Crippen LogP contribution in [0.3, 0.4) is 0 Å². The number of aldehydes is 1. The molecule has 0 spiro atoms. The van der Waals surface area contributed by atoms with Gasteiger partial charge in [-0.25, -0.2) is 0 Å². The van der Waals surface area contributed by atoms with Gasteiger partial charge in [-0.15, -0.1) is 0 Å². The van der Waals surface area contributed by atoms with Gasteiger partial charge in [0.1, 0.15) is 5.75 Å². The molecule has 0 saturated carbocycles. The quantitative estimate of drug-likeness (QED) is 0.767. The number of rotatable bonds is 5. The van der Waals surface area contributed by atoms with Crippen LogP contribution in [0.4, 0.5) is 0 Å². The lowest BCUT2D eigenvalue weighted by Gasteiger charge is -2.19. The Balaban J connectivity index is 1.90. The predicted octanol–water partition coefficient (Wildman–Crippen LogP) is 4.30. The second-order valence-electron chi connectivity index (χ2n) is 5.02. The van der Waals surface area contributed by atoms with Gasteiger partial charge in [-0.3, -0.25) is 4.79 Å². The molecule has 2 heteroatoms. The largest absolute Gasteiger partial charge is 0.497 e. The van der Waals surface area contributed by atoms with E-state index in [0.29, 0.717) is 0 Å². The predicted molar refractivity (Wildman–Crippen MR) is 89.5 cm³/mol. The van der Waals surface area contributed by atoms with E-state index in [1.807, 2.05) is 72.8 Å². The monoisotopic (exact) mass is 288 g/mol. The van der Waals surface area contributed by atoms with Crippen molar-refractivity contribution in [1.29, 1.82) is 0 Å². The third kappa shape index (κ3) is 2.77. The Morgan fingerprint density at radius 2 is 1.77 bits per heavy atom. The molecule has 0 aromatic heterocycles. The first kappa shape index (κ1) is 14.1. The van der Waals surface area contributed by atoms with Crippen LogP contribution in [0.1, 0.15) is 11.1 Å². The lowest BCUT2D eigenvalue weighted by atomic mass is 9.84. The van der Waals surface area contributed by atoms with Crippen molar-refractivity contribution >= 4 is 17.9 Å². The molecule has 1 aliphatic carbocycles. The van der Waals surface area contributed by atoms with Crippen molar-refractivity contribution in [2.75, 3.05) is 7.11 Å². The average molecular weight is 288 g/mol. The van der Waals surface area contributed by atoms with Gasteiger partial charge >= 0.3 is 0 Å². The van der Waals surface area contributed by atoms with Crippen LogP contribution in [0.2, 0.25) is 0 Å². The summed E-state index contributed by atoms with van der Waals surface area (Å²) >= 11 is 0. The molecule has 0 aliphatic heterocycles. The molecule has 108 valence electrons.